The molecular weight excluding hydrogens is 432 g/mol. The fourth-order valence-electron chi connectivity index (χ4n) is 3.83. The summed E-state index contributed by atoms with van der Waals surface area (Å²) >= 11 is 0. The lowest BCUT2D eigenvalue weighted by atomic mass is 10.1. The fourth-order valence-corrected chi connectivity index (χ4v) is 3.83. The quantitative estimate of drug-likeness (QED) is 0.560. The third-order valence-corrected chi connectivity index (χ3v) is 5.55. The summed E-state index contributed by atoms with van der Waals surface area (Å²) in [5, 5.41) is 5.90. The van der Waals surface area contributed by atoms with E-state index in [0.717, 1.165) is 31.6 Å². The molecule has 1 fully saturated rings. The van der Waals surface area contributed by atoms with E-state index in [2.05, 4.69) is 24.5 Å². The molecule has 0 atom stereocenters. The molecule has 1 saturated heterocycles. The highest BCUT2D eigenvalue weighted by Gasteiger charge is 2.19. The second-order valence-corrected chi connectivity index (χ2v) is 8.26. The van der Waals surface area contributed by atoms with E-state index in [-0.39, 0.29) is 24.3 Å². The summed E-state index contributed by atoms with van der Waals surface area (Å²) in [6, 6.07) is 14.1. The minimum atomic E-state index is -0.229. The Labute approximate surface area is 201 Å². The Kier molecular flexibility index (Phi) is 9.46. The van der Waals surface area contributed by atoms with Crippen molar-refractivity contribution in [1.82, 2.24) is 9.80 Å². The first-order chi connectivity index (χ1) is 16.5. The number of carbonyl (C=O) groups is 3. The predicted molar refractivity (Wildman–Crippen MR) is 133 cm³/mol. The van der Waals surface area contributed by atoms with Gasteiger partial charge >= 0.3 is 0 Å². The number of amides is 3. The zero-order chi connectivity index (χ0) is 24.3. The van der Waals surface area contributed by atoms with Crippen molar-refractivity contribution in [3.63, 3.8) is 0 Å². The molecule has 0 spiro atoms. The van der Waals surface area contributed by atoms with Crippen LogP contribution in [-0.4, -0.2) is 73.5 Å². The van der Waals surface area contributed by atoms with E-state index in [1.54, 1.807) is 53.4 Å². The van der Waals surface area contributed by atoms with Gasteiger partial charge in [-0.1, -0.05) is 19.9 Å². The number of hydrogen-bond donors (Lipinski definition) is 2. The van der Waals surface area contributed by atoms with Gasteiger partial charge in [0, 0.05) is 48.7 Å². The molecule has 1 aliphatic rings. The molecule has 2 N–H and O–H groups in total. The Morgan fingerprint density at radius 1 is 0.912 bits per heavy atom. The van der Waals surface area contributed by atoms with Crippen LogP contribution in [0.1, 0.15) is 47.4 Å². The molecule has 3 amide bonds. The van der Waals surface area contributed by atoms with Crippen molar-refractivity contribution >= 4 is 29.1 Å². The van der Waals surface area contributed by atoms with Crippen molar-refractivity contribution in [2.24, 2.45) is 0 Å². The normalized spacial score (nSPS) is 13.3. The van der Waals surface area contributed by atoms with E-state index in [9.17, 15) is 14.4 Å². The summed E-state index contributed by atoms with van der Waals surface area (Å²) in [6.45, 7) is 7.89. The van der Waals surface area contributed by atoms with E-state index in [1.165, 1.54) is 0 Å². The van der Waals surface area contributed by atoms with Crippen LogP contribution in [0.3, 0.4) is 0 Å². The van der Waals surface area contributed by atoms with Crippen LogP contribution in [0.5, 0.6) is 0 Å². The van der Waals surface area contributed by atoms with Crippen LogP contribution in [0.2, 0.25) is 0 Å². The van der Waals surface area contributed by atoms with Gasteiger partial charge in [0.05, 0.1) is 19.8 Å². The first-order valence-electron chi connectivity index (χ1n) is 11.9. The maximum Gasteiger partial charge on any atom is 0.254 e. The lowest BCUT2D eigenvalue weighted by Gasteiger charge is -2.27. The number of anilines is 2. The van der Waals surface area contributed by atoms with Gasteiger partial charge in [-0.25, -0.2) is 0 Å². The molecule has 8 nitrogen and oxygen atoms in total. The number of ether oxygens (including phenoxy) is 1. The Balaban J connectivity index is 1.52. The van der Waals surface area contributed by atoms with Crippen molar-refractivity contribution in [3.8, 4) is 0 Å². The molecule has 182 valence electrons. The molecule has 1 aliphatic heterocycles. The van der Waals surface area contributed by atoms with Crippen LogP contribution in [0.4, 0.5) is 11.4 Å². The average molecular weight is 467 g/mol. The summed E-state index contributed by atoms with van der Waals surface area (Å²) in [5.74, 6) is -0.267. The minimum absolute atomic E-state index is 0.0273. The topological polar surface area (TPSA) is 91.0 Å². The number of nitrogens with zero attached hydrogens (tertiary/aromatic N) is 2. The van der Waals surface area contributed by atoms with Crippen molar-refractivity contribution in [3.05, 3.63) is 59.7 Å². The van der Waals surface area contributed by atoms with Gasteiger partial charge in [-0.2, -0.15) is 0 Å². The number of morpholine rings is 1. The van der Waals surface area contributed by atoms with E-state index in [4.69, 9.17) is 4.74 Å². The zero-order valence-electron chi connectivity index (χ0n) is 20.0. The summed E-state index contributed by atoms with van der Waals surface area (Å²) in [7, 11) is 0. The standard InChI is InChI=1S/C26H34N4O4/c1-3-12-29(13-4-2)25(32)20-8-10-22(11-9-20)27-19-24(31)28-23-7-5-6-21(18-23)26(33)30-14-16-34-17-15-30/h5-11,18,27H,3-4,12-17,19H2,1-2H3,(H,28,31). The molecule has 0 bridgehead atoms. The van der Waals surface area contributed by atoms with Crippen LogP contribution in [-0.2, 0) is 9.53 Å². The van der Waals surface area contributed by atoms with Crippen LogP contribution >= 0.6 is 0 Å². The van der Waals surface area contributed by atoms with Crippen LogP contribution < -0.4 is 10.6 Å². The highest BCUT2D eigenvalue weighted by molar-refractivity contribution is 5.98. The molecule has 8 heteroatoms. The van der Waals surface area contributed by atoms with E-state index < -0.39 is 0 Å². The van der Waals surface area contributed by atoms with E-state index in [1.807, 2.05) is 4.90 Å². The molecular formula is C26H34N4O4. The SMILES string of the molecule is CCCN(CCC)C(=O)c1ccc(NCC(=O)Nc2cccc(C(=O)N3CCOCC3)c2)cc1. The lowest BCUT2D eigenvalue weighted by Crippen LogP contribution is -2.40. The van der Waals surface area contributed by atoms with Gasteiger partial charge in [0.1, 0.15) is 0 Å². The molecule has 0 aliphatic carbocycles. The van der Waals surface area contributed by atoms with Gasteiger partial charge in [0.2, 0.25) is 5.91 Å². The molecule has 2 aromatic rings. The van der Waals surface area contributed by atoms with Crippen LogP contribution in [0.25, 0.3) is 0 Å². The maximum absolute atomic E-state index is 12.7. The Morgan fingerprint density at radius 2 is 1.59 bits per heavy atom. The van der Waals surface area contributed by atoms with Gasteiger partial charge in [-0.05, 0) is 55.3 Å². The number of carbonyl (C=O) groups excluding carboxylic acids is 3. The first-order valence-corrected chi connectivity index (χ1v) is 11.9. The number of benzene rings is 2. The van der Waals surface area contributed by atoms with Crippen LogP contribution in [0.15, 0.2) is 48.5 Å². The zero-order valence-corrected chi connectivity index (χ0v) is 20.0. The van der Waals surface area contributed by atoms with Crippen molar-refractivity contribution in [1.29, 1.82) is 0 Å². The molecule has 0 unspecified atom stereocenters. The summed E-state index contributed by atoms with van der Waals surface area (Å²) in [4.78, 5) is 41.4. The highest BCUT2D eigenvalue weighted by atomic mass is 16.5. The Morgan fingerprint density at radius 3 is 2.24 bits per heavy atom. The average Bonchev–Trinajstić information content (AvgIpc) is 2.87. The Hall–Kier alpha value is -3.39. The molecule has 0 aromatic heterocycles. The third kappa shape index (κ3) is 7.05. The van der Waals surface area contributed by atoms with Crippen molar-refractivity contribution in [2.45, 2.75) is 26.7 Å². The van der Waals surface area contributed by atoms with Crippen molar-refractivity contribution in [2.75, 3.05) is 56.6 Å². The number of rotatable bonds is 10. The summed E-state index contributed by atoms with van der Waals surface area (Å²) in [5.41, 5.74) is 2.49. The molecule has 3 rings (SSSR count). The van der Waals surface area contributed by atoms with Gasteiger partial charge in [0.25, 0.3) is 11.8 Å². The first kappa shape index (κ1) is 25.2. The van der Waals surface area contributed by atoms with E-state index in [0.29, 0.717) is 43.1 Å². The lowest BCUT2D eigenvalue weighted by molar-refractivity contribution is -0.114. The second kappa shape index (κ2) is 12.7. The third-order valence-electron chi connectivity index (χ3n) is 5.55. The summed E-state index contributed by atoms with van der Waals surface area (Å²) in [6.07, 6.45) is 1.84. The van der Waals surface area contributed by atoms with Gasteiger partial charge in [-0.15, -0.1) is 0 Å². The molecule has 1 heterocycles. The maximum atomic E-state index is 12.7. The van der Waals surface area contributed by atoms with Gasteiger partial charge in [0.15, 0.2) is 0 Å². The largest absolute Gasteiger partial charge is 0.378 e. The monoisotopic (exact) mass is 466 g/mol. The van der Waals surface area contributed by atoms with Crippen molar-refractivity contribution < 1.29 is 19.1 Å². The summed E-state index contributed by atoms with van der Waals surface area (Å²) < 4.78 is 5.30. The molecule has 0 radical (unpaired) electrons. The molecule has 0 saturated carbocycles. The minimum Gasteiger partial charge on any atom is -0.378 e. The number of hydrogen-bond acceptors (Lipinski definition) is 5. The molecule has 34 heavy (non-hydrogen) atoms. The van der Waals surface area contributed by atoms with Crippen LogP contribution in [0, 0.1) is 0 Å². The number of nitrogens with one attached hydrogen (secondary N) is 2. The van der Waals surface area contributed by atoms with E-state index >= 15 is 0 Å². The fraction of sp³-hybridized carbons (Fsp3) is 0.423. The highest BCUT2D eigenvalue weighted by Crippen LogP contribution is 2.15. The second-order valence-electron chi connectivity index (χ2n) is 8.26. The predicted octanol–water partition coefficient (Wildman–Crippen LogP) is 3.47. The Bertz CT molecular complexity index is 965. The molecule has 2 aromatic carbocycles. The smallest absolute Gasteiger partial charge is 0.254 e. The van der Waals surface area contributed by atoms with Gasteiger partial charge < -0.3 is 25.2 Å². The van der Waals surface area contributed by atoms with Gasteiger partial charge in [-0.3, -0.25) is 14.4 Å².